The Hall–Kier alpha value is -2.62. The summed E-state index contributed by atoms with van der Waals surface area (Å²) in [6, 6.07) is 18.9. The van der Waals surface area contributed by atoms with Gasteiger partial charge in [0.15, 0.2) is 0 Å². The van der Waals surface area contributed by atoms with Gasteiger partial charge in [-0.25, -0.2) is 0 Å². The summed E-state index contributed by atoms with van der Waals surface area (Å²) in [5.41, 5.74) is 2.85. The zero-order chi connectivity index (χ0) is 26.6. The second kappa shape index (κ2) is 7.98. The van der Waals surface area contributed by atoms with E-state index in [2.05, 4.69) is 48.5 Å². The number of anilines is 1. The van der Waals surface area contributed by atoms with Crippen LogP contribution < -0.4 is 4.90 Å². The van der Waals surface area contributed by atoms with Crippen LogP contribution in [0.15, 0.2) is 54.6 Å². The van der Waals surface area contributed by atoms with Crippen LogP contribution >= 0.6 is 0 Å². The van der Waals surface area contributed by atoms with E-state index in [1.54, 1.807) is 0 Å². The summed E-state index contributed by atoms with van der Waals surface area (Å²) in [6.07, 6.45) is 13.2. The first kappa shape index (κ1) is 24.2. The fourth-order valence-electron chi connectivity index (χ4n) is 12.2. The lowest BCUT2D eigenvalue weighted by molar-refractivity contribution is -0.238. The molecule has 0 spiro atoms. The van der Waals surface area contributed by atoms with Crippen molar-refractivity contribution in [2.24, 2.45) is 45.3 Å². The van der Waals surface area contributed by atoms with E-state index in [9.17, 15) is 14.7 Å². The van der Waals surface area contributed by atoms with Gasteiger partial charge in [-0.15, -0.1) is 0 Å². The Labute approximate surface area is 232 Å². The SMILES string of the molecule is CN(C(=O)C12CC3CC(C1)CC(C14CC5CC(CC(C(=O)O)(C5)C1)C4)(C3)C2)c1ccc(-c2ccccc2)cc1. The molecule has 8 saturated carbocycles. The molecule has 2 aromatic rings. The predicted molar refractivity (Wildman–Crippen MR) is 152 cm³/mol. The fraction of sp³-hybridized carbons (Fsp3) is 0.600. The Balaban J connectivity index is 1.12. The Kier molecular flexibility index (Phi) is 4.95. The van der Waals surface area contributed by atoms with E-state index in [0.717, 1.165) is 44.2 Å². The van der Waals surface area contributed by atoms with E-state index >= 15 is 0 Å². The second-order valence-corrected chi connectivity index (χ2v) is 15.1. The minimum Gasteiger partial charge on any atom is -0.481 e. The van der Waals surface area contributed by atoms with E-state index in [1.165, 1.54) is 49.7 Å². The average Bonchev–Trinajstić information content (AvgIpc) is 2.91. The first-order valence-corrected chi connectivity index (χ1v) is 15.4. The van der Waals surface area contributed by atoms with Gasteiger partial charge in [0.25, 0.3) is 0 Å². The van der Waals surface area contributed by atoms with Crippen LogP contribution in [0.3, 0.4) is 0 Å². The summed E-state index contributed by atoms with van der Waals surface area (Å²) in [4.78, 5) is 29.2. The highest BCUT2D eigenvalue weighted by molar-refractivity contribution is 5.97. The summed E-state index contributed by atoms with van der Waals surface area (Å²) < 4.78 is 0. The molecule has 0 saturated heterocycles. The highest BCUT2D eigenvalue weighted by Gasteiger charge is 2.72. The van der Waals surface area contributed by atoms with Gasteiger partial charge in [0, 0.05) is 12.7 Å². The van der Waals surface area contributed by atoms with Crippen molar-refractivity contribution in [3.05, 3.63) is 54.6 Å². The third-order valence-corrected chi connectivity index (χ3v) is 12.8. The van der Waals surface area contributed by atoms with Crippen molar-refractivity contribution in [2.75, 3.05) is 11.9 Å². The van der Waals surface area contributed by atoms with E-state index < -0.39 is 11.4 Å². The van der Waals surface area contributed by atoms with Gasteiger partial charge in [-0.3, -0.25) is 9.59 Å². The summed E-state index contributed by atoms with van der Waals surface area (Å²) in [5, 5.41) is 10.4. The third-order valence-electron chi connectivity index (χ3n) is 12.8. The molecular formula is C35H41NO3. The van der Waals surface area contributed by atoms with Gasteiger partial charge in [0.2, 0.25) is 5.91 Å². The molecule has 39 heavy (non-hydrogen) atoms. The van der Waals surface area contributed by atoms with Crippen molar-refractivity contribution in [2.45, 2.75) is 77.0 Å². The molecule has 4 heteroatoms. The second-order valence-electron chi connectivity index (χ2n) is 15.1. The Morgan fingerprint density at radius 1 is 0.667 bits per heavy atom. The lowest BCUT2D eigenvalue weighted by Crippen LogP contribution is -2.67. The molecule has 0 aromatic heterocycles. The topological polar surface area (TPSA) is 57.6 Å². The summed E-state index contributed by atoms with van der Waals surface area (Å²) in [6.45, 7) is 0. The monoisotopic (exact) mass is 523 g/mol. The maximum Gasteiger partial charge on any atom is 0.309 e. The average molecular weight is 524 g/mol. The zero-order valence-corrected chi connectivity index (χ0v) is 23.2. The van der Waals surface area contributed by atoms with Gasteiger partial charge in [0.05, 0.1) is 10.8 Å². The number of amides is 1. The van der Waals surface area contributed by atoms with Crippen LogP contribution in [-0.4, -0.2) is 24.0 Å². The van der Waals surface area contributed by atoms with Gasteiger partial charge in [0.1, 0.15) is 0 Å². The minimum absolute atomic E-state index is 0.134. The van der Waals surface area contributed by atoms with Crippen molar-refractivity contribution in [1.82, 2.24) is 0 Å². The molecule has 8 bridgehead atoms. The number of carboxylic acid groups (broad SMARTS) is 1. The number of aliphatic carboxylic acids is 1. The standard InChI is InChI=1S/C35H41NO3/c1-36(29-9-7-28(8-10-29)27-5-3-2-4-6-27)30(37)32-13-23-11-24(14-32)18-34(17-23,21-32)35-19-25-12-26(20-35)16-33(15-25,22-35)31(38)39/h2-10,23-26H,11-22H2,1H3,(H,38,39). The molecule has 2 aromatic carbocycles. The van der Waals surface area contributed by atoms with Crippen molar-refractivity contribution in [3.63, 3.8) is 0 Å². The number of hydrogen-bond donors (Lipinski definition) is 1. The van der Waals surface area contributed by atoms with Crippen molar-refractivity contribution in [1.29, 1.82) is 0 Å². The van der Waals surface area contributed by atoms with E-state index in [-0.39, 0.29) is 16.2 Å². The van der Waals surface area contributed by atoms with Gasteiger partial charge in [-0.05, 0) is 135 Å². The quantitative estimate of drug-likeness (QED) is 0.440. The highest BCUT2D eigenvalue weighted by atomic mass is 16.4. The first-order chi connectivity index (χ1) is 18.7. The molecule has 4 unspecified atom stereocenters. The summed E-state index contributed by atoms with van der Waals surface area (Å²) in [5.74, 6) is 2.18. The Morgan fingerprint density at radius 2 is 1.13 bits per heavy atom. The number of carboxylic acids is 1. The van der Waals surface area contributed by atoms with Crippen LogP contribution in [0.4, 0.5) is 5.69 Å². The smallest absolute Gasteiger partial charge is 0.309 e. The molecule has 0 aliphatic heterocycles. The predicted octanol–water partition coefficient (Wildman–Crippen LogP) is 7.57. The fourth-order valence-corrected chi connectivity index (χ4v) is 12.2. The molecule has 204 valence electrons. The van der Waals surface area contributed by atoms with Gasteiger partial charge in [-0.1, -0.05) is 42.5 Å². The molecule has 8 aliphatic rings. The maximum atomic E-state index is 14.5. The zero-order valence-electron chi connectivity index (χ0n) is 23.2. The largest absolute Gasteiger partial charge is 0.481 e. The van der Waals surface area contributed by atoms with Crippen molar-refractivity contribution in [3.8, 4) is 11.1 Å². The van der Waals surface area contributed by atoms with Gasteiger partial charge >= 0.3 is 5.97 Å². The first-order valence-electron chi connectivity index (χ1n) is 15.4. The van der Waals surface area contributed by atoms with Gasteiger partial charge < -0.3 is 10.0 Å². The van der Waals surface area contributed by atoms with E-state index in [0.29, 0.717) is 29.6 Å². The summed E-state index contributed by atoms with van der Waals surface area (Å²) >= 11 is 0. The van der Waals surface area contributed by atoms with Crippen LogP contribution in [0.2, 0.25) is 0 Å². The van der Waals surface area contributed by atoms with E-state index in [4.69, 9.17) is 0 Å². The number of benzene rings is 2. The van der Waals surface area contributed by atoms with Crippen LogP contribution in [0, 0.1) is 45.3 Å². The maximum absolute atomic E-state index is 14.5. The minimum atomic E-state index is -0.532. The normalized spacial score (nSPS) is 43.0. The molecule has 4 atom stereocenters. The molecule has 8 aliphatic carbocycles. The van der Waals surface area contributed by atoms with Crippen molar-refractivity contribution >= 4 is 17.6 Å². The van der Waals surface area contributed by atoms with Crippen molar-refractivity contribution < 1.29 is 14.7 Å². The van der Waals surface area contributed by atoms with E-state index in [1.807, 2.05) is 18.0 Å². The molecule has 1 amide bonds. The Bertz CT molecular complexity index is 1300. The van der Waals surface area contributed by atoms with Crippen LogP contribution in [0.5, 0.6) is 0 Å². The molecule has 4 nitrogen and oxygen atoms in total. The number of nitrogens with zero attached hydrogens (tertiary/aromatic N) is 1. The molecule has 10 rings (SSSR count). The van der Waals surface area contributed by atoms with Gasteiger partial charge in [-0.2, -0.15) is 0 Å². The molecule has 0 radical (unpaired) electrons. The summed E-state index contributed by atoms with van der Waals surface area (Å²) in [7, 11) is 1.98. The molecule has 8 fully saturated rings. The van der Waals surface area contributed by atoms with Crippen LogP contribution in [-0.2, 0) is 9.59 Å². The third kappa shape index (κ3) is 3.36. The molecule has 1 N–H and O–H groups in total. The molecule has 0 heterocycles. The molecular weight excluding hydrogens is 482 g/mol. The van der Waals surface area contributed by atoms with Crippen LogP contribution in [0.25, 0.3) is 11.1 Å². The number of carbonyl (C=O) groups excluding carboxylic acids is 1. The highest BCUT2D eigenvalue weighted by Crippen LogP contribution is 2.78. The lowest BCUT2D eigenvalue weighted by Gasteiger charge is -2.73. The Morgan fingerprint density at radius 3 is 1.64 bits per heavy atom. The number of rotatable bonds is 5. The van der Waals surface area contributed by atoms with Crippen LogP contribution in [0.1, 0.15) is 77.0 Å². The lowest BCUT2D eigenvalue weighted by atomic mass is 9.31. The number of carbonyl (C=O) groups is 2. The number of hydrogen-bond acceptors (Lipinski definition) is 2.